The second kappa shape index (κ2) is 9.94. The van der Waals surface area contributed by atoms with Crippen LogP contribution < -0.4 is 19.9 Å². The van der Waals surface area contributed by atoms with Gasteiger partial charge in [0, 0.05) is 11.4 Å². The maximum Gasteiger partial charge on any atom is 0.279 e. The fourth-order valence-electron chi connectivity index (χ4n) is 3.70. The Labute approximate surface area is 177 Å². The van der Waals surface area contributed by atoms with Crippen LogP contribution in [-0.4, -0.2) is 38.6 Å². The standard InChI is InChI=1S/C25H27N3O2/c29-25(19-27-15-17-28(18-16-27)23-9-5-2-6-10-23)26-22-11-13-24(14-12-22)30-20-21-7-3-1-4-8-21/h1-14H,15-20H2,(H,26,29)/p+1. The summed E-state index contributed by atoms with van der Waals surface area (Å²) in [6.45, 7) is 4.91. The van der Waals surface area contributed by atoms with E-state index >= 15 is 0 Å². The van der Waals surface area contributed by atoms with E-state index in [0.29, 0.717) is 13.2 Å². The number of quaternary nitrogens is 1. The van der Waals surface area contributed by atoms with Crippen molar-refractivity contribution in [1.82, 2.24) is 0 Å². The highest BCUT2D eigenvalue weighted by atomic mass is 16.5. The van der Waals surface area contributed by atoms with Gasteiger partial charge in [-0.2, -0.15) is 0 Å². The van der Waals surface area contributed by atoms with Gasteiger partial charge in [0.15, 0.2) is 6.54 Å². The van der Waals surface area contributed by atoms with Crippen LogP contribution in [-0.2, 0) is 11.4 Å². The van der Waals surface area contributed by atoms with Gasteiger partial charge in [-0.25, -0.2) is 0 Å². The number of nitrogens with zero attached hydrogens (tertiary/aromatic N) is 1. The van der Waals surface area contributed by atoms with Crippen LogP contribution in [0.4, 0.5) is 11.4 Å². The third kappa shape index (κ3) is 5.61. The predicted octanol–water partition coefficient (Wildman–Crippen LogP) is 2.61. The van der Waals surface area contributed by atoms with Crippen molar-refractivity contribution in [1.29, 1.82) is 0 Å². The molecule has 1 fully saturated rings. The van der Waals surface area contributed by atoms with Crippen LogP contribution in [0, 0.1) is 0 Å². The van der Waals surface area contributed by atoms with Gasteiger partial charge >= 0.3 is 0 Å². The maximum absolute atomic E-state index is 12.5. The largest absolute Gasteiger partial charge is 0.489 e. The Balaban J connectivity index is 1.21. The number of piperazine rings is 1. The molecule has 0 radical (unpaired) electrons. The van der Waals surface area contributed by atoms with Gasteiger partial charge in [0.2, 0.25) is 0 Å². The second-order valence-corrected chi connectivity index (χ2v) is 7.60. The lowest BCUT2D eigenvalue weighted by Gasteiger charge is -2.33. The van der Waals surface area contributed by atoms with Gasteiger partial charge in [0.25, 0.3) is 5.91 Å². The molecule has 0 unspecified atom stereocenters. The topological polar surface area (TPSA) is 46.0 Å². The van der Waals surface area contributed by atoms with Crippen molar-refractivity contribution in [3.8, 4) is 5.75 Å². The third-order valence-electron chi connectivity index (χ3n) is 5.39. The van der Waals surface area contributed by atoms with Crippen molar-refractivity contribution < 1.29 is 14.4 Å². The molecule has 0 bridgehead atoms. The highest BCUT2D eigenvalue weighted by Gasteiger charge is 2.22. The van der Waals surface area contributed by atoms with Gasteiger partial charge in [0.05, 0.1) is 26.2 Å². The number of hydrogen-bond acceptors (Lipinski definition) is 3. The van der Waals surface area contributed by atoms with Gasteiger partial charge in [0.1, 0.15) is 12.4 Å². The molecule has 0 spiro atoms. The van der Waals surface area contributed by atoms with Crippen molar-refractivity contribution in [2.75, 3.05) is 42.9 Å². The average molecular weight is 403 g/mol. The third-order valence-corrected chi connectivity index (χ3v) is 5.39. The normalized spacial score (nSPS) is 14.3. The molecule has 0 saturated carbocycles. The molecular formula is C25H28N3O2+. The fourth-order valence-corrected chi connectivity index (χ4v) is 3.70. The minimum absolute atomic E-state index is 0.0520. The monoisotopic (exact) mass is 402 g/mol. The maximum atomic E-state index is 12.5. The number of hydrogen-bond donors (Lipinski definition) is 2. The van der Waals surface area contributed by atoms with Crippen LogP contribution in [0.3, 0.4) is 0 Å². The first-order chi connectivity index (χ1) is 14.8. The molecular weight excluding hydrogens is 374 g/mol. The molecule has 154 valence electrons. The molecule has 1 aliphatic rings. The van der Waals surface area contributed by atoms with E-state index in [2.05, 4.69) is 34.5 Å². The summed E-state index contributed by atoms with van der Waals surface area (Å²) in [5, 5.41) is 3.00. The number of amides is 1. The van der Waals surface area contributed by atoms with E-state index in [1.54, 1.807) is 0 Å². The molecule has 30 heavy (non-hydrogen) atoms. The molecule has 0 aromatic heterocycles. The summed E-state index contributed by atoms with van der Waals surface area (Å²) in [4.78, 5) is 16.2. The molecule has 1 aliphatic heterocycles. The SMILES string of the molecule is O=C(C[NH+]1CCN(c2ccccc2)CC1)Nc1ccc(OCc2ccccc2)cc1. The summed E-state index contributed by atoms with van der Waals surface area (Å²) in [6.07, 6.45) is 0. The summed E-state index contributed by atoms with van der Waals surface area (Å²) in [6, 6.07) is 28.1. The van der Waals surface area contributed by atoms with E-state index in [1.807, 2.05) is 60.7 Å². The minimum Gasteiger partial charge on any atom is -0.489 e. The first-order valence-corrected chi connectivity index (χ1v) is 10.5. The number of carbonyl (C=O) groups is 1. The van der Waals surface area contributed by atoms with E-state index in [1.165, 1.54) is 10.6 Å². The lowest BCUT2D eigenvalue weighted by Crippen LogP contribution is -3.15. The van der Waals surface area contributed by atoms with Crippen LogP contribution in [0.1, 0.15) is 5.56 Å². The number of para-hydroxylation sites is 1. The number of carbonyl (C=O) groups excluding carboxylic acids is 1. The van der Waals surface area contributed by atoms with E-state index in [4.69, 9.17) is 4.74 Å². The van der Waals surface area contributed by atoms with Gasteiger partial charge in [-0.1, -0.05) is 48.5 Å². The summed E-state index contributed by atoms with van der Waals surface area (Å²) in [5.74, 6) is 0.843. The highest BCUT2D eigenvalue weighted by molar-refractivity contribution is 5.91. The van der Waals surface area contributed by atoms with Crippen molar-refractivity contribution >= 4 is 17.3 Å². The molecule has 1 heterocycles. The summed E-state index contributed by atoms with van der Waals surface area (Å²) >= 11 is 0. The first kappa shape index (κ1) is 20.0. The molecule has 4 rings (SSSR count). The minimum atomic E-state index is 0.0520. The van der Waals surface area contributed by atoms with Crippen molar-refractivity contribution in [3.05, 3.63) is 90.5 Å². The zero-order valence-corrected chi connectivity index (χ0v) is 17.1. The number of rotatable bonds is 7. The highest BCUT2D eigenvalue weighted by Crippen LogP contribution is 2.17. The van der Waals surface area contributed by atoms with Crippen LogP contribution in [0.2, 0.25) is 0 Å². The van der Waals surface area contributed by atoms with Crippen LogP contribution in [0.5, 0.6) is 5.75 Å². The van der Waals surface area contributed by atoms with Gasteiger partial charge in [-0.05, 0) is 42.0 Å². The molecule has 1 amide bonds. The lowest BCUT2D eigenvalue weighted by atomic mass is 10.2. The molecule has 1 saturated heterocycles. The quantitative estimate of drug-likeness (QED) is 0.639. The Bertz CT molecular complexity index is 922. The number of benzene rings is 3. The molecule has 5 nitrogen and oxygen atoms in total. The van der Waals surface area contributed by atoms with E-state index < -0.39 is 0 Å². The summed E-state index contributed by atoms with van der Waals surface area (Å²) in [5.41, 5.74) is 3.19. The Hall–Kier alpha value is -3.31. The smallest absolute Gasteiger partial charge is 0.279 e. The molecule has 3 aromatic rings. The van der Waals surface area contributed by atoms with Crippen LogP contribution in [0.25, 0.3) is 0 Å². The summed E-state index contributed by atoms with van der Waals surface area (Å²) < 4.78 is 5.80. The van der Waals surface area contributed by atoms with E-state index in [0.717, 1.165) is 43.2 Å². The predicted molar refractivity (Wildman–Crippen MR) is 120 cm³/mol. The van der Waals surface area contributed by atoms with Gasteiger partial charge in [-0.3, -0.25) is 4.79 Å². The number of ether oxygens (including phenoxy) is 1. The van der Waals surface area contributed by atoms with Crippen molar-refractivity contribution in [2.24, 2.45) is 0 Å². The second-order valence-electron chi connectivity index (χ2n) is 7.60. The van der Waals surface area contributed by atoms with Crippen LogP contribution in [0.15, 0.2) is 84.9 Å². The Morgan fingerprint density at radius 1 is 0.867 bits per heavy atom. The zero-order chi connectivity index (χ0) is 20.6. The first-order valence-electron chi connectivity index (χ1n) is 10.5. The molecule has 5 heteroatoms. The molecule has 0 atom stereocenters. The van der Waals surface area contributed by atoms with Gasteiger partial charge in [-0.15, -0.1) is 0 Å². The lowest BCUT2D eigenvalue weighted by molar-refractivity contribution is -0.892. The molecule has 0 aliphatic carbocycles. The van der Waals surface area contributed by atoms with Gasteiger partial charge < -0.3 is 19.9 Å². The van der Waals surface area contributed by atoms with Crippen molar-refractivity contribution in [3.63, 3.8) is 0 Å². The Morgan fingerprint density at radius 2 is 1.50 bits per heavy atom. The van der Waals surface area contributed by atoms with Crippen molar-refractivity contribution in [2.45, 2.75) is 6.61 Å². The fraction of sp³-hybridized carbons (Fsp3) is 0.240. The molecule has 3 aromatic carbocycles. The average Bonchev–Trinajstić information content (AvgIpc) is 2.80. The zero-order valence-electron chi connectivity index (χ0n) is 17.1. The number of anilines is 2. The number of nitrogens with one attached hydrogen (secondary N) is 2. The Morgan fingerprint density at radius 3 is 2.17 bits per heavy atom. The van der Waals surface area contributed by atoms with E-state index in [9.17, 15) is 4.79 Å². The van der Waals surface area contributed by atoms with E-state index in [-0.39, 0.29) is 5.91 Å². The van der Waals surface area contributed by atoms with Crippen LogP contribution >= 0.6 is 0 Å². The summed E-state index contributed by atoms with van der Waals surface area (Å²) in [7, 11) is 0. The molecule has 2 N–H and O–H groups in total. The Kier molecular flexibility index (Phi) is 6.62.